The first-order valence-electron chi connectivity index (χ1n) is 26.5. The summed E-state index contributed by atoms with van der Waals surface area (Å²) in [6.07, 6.45) is 75.4. The third kappa shape index (κ3) is 47.9. The van der Waals surface area contributed by atoms with Gasteiger partial charge in [-0.3, -0.25) is 0 Å². The van der Waals surface area contributed by atoms with Crippen LogP contribution in [0.4, 0.5) is 0 Å². The SMILES string of the molecule is CCCCCCCC/C=C\CCCCCC(CCCCCCCCCCCCCCCCCC)CCCCCCCCCCCCCCCCCCCC. The first kappa shape index (κ1) is 53.7. The lowest BCUT2D eigenvalue weighted by Gasteiger charge is -2.17. The summed E-state index contributed by atoms with van der Waals surface area (Å²) in [4.78, 5) is 0. The van der Waals surface area contributed by atoms with Crippen molar-refractivity contribution in [3.8, 4) is 0 Å². The van der Waals surface area contributed by atoms with Crippen LogP contribution in [0.5, 0.6) is 0 Å². The molecule has 0 heterocycles. The highest BCUT2D eigenvalue weighted by Gasteiger charge is 2.09. The topological polar surface area (TPSA) is 0 Å². The van der Waals surface area contributed by atoms with Crippen LogP contribution in [0.2, 0.25) is 0 Å². The van der Waals surface area contributed by atoms with Gasteiger partial charge in [0.15, 0.2) is 0 Å². The first-order chi connectivity index (χ1) is 26.8. The van der Waals surface area contributed by atoms with Gasteiger partial charge in [0, 0.05) is 0 Å². The van der Waals surface area contributed by atoms with Crippen molar-refractivity contribution in [3.63, 3.8) is 0 Å². The Hall–Kier alpha value is -0.260. The van der Waals surface area contributed by atoms with Crippen molar-refractivity contribution in [2.24, 2.45) is 5.92 Å². The van der Waals surface area contributed by atoms with Gasteiger partial charge in [-0.1, -0.05) is 315 Å². The van der Waals surface area contributed by atoms with E-state index in [0.29, 0.717) is 0 Å². The third-order valence-corrected chi connectivity index (χ3v) is 12.8. The van der Waals surface area contributed by atoms with E-state index in [-0.39, 0.29) is 0 Å². The van der Waals surface area contributed by atoms with Crippen LogP contribution in [-0.4, -0.2) is 0 Å². The maximum absolute atomic E-state index is 2.50. The van der Waals surface area contributed by atoms with Gasteiger partial charge in [-0.15, -0.1) is 0 Å². The number of hydrogen-bond donors (Lipinski definition) is 0. The Morgan fingerprint density at radius 1 is 0.204 bits per heavy atom. The normalized spacial score (nSPS) is 12.4. The van der Waals surface area contributed by atoms with Crippen LogP contribution in [0.1, 0.15) is 329 Å². The predicted molar refractivity (Wildman–Crippen MR) is 251 cm³/mol. The van der Waals surface area contributed by atoms with Crippen molar-refractivity contribution >= 4 is 0 Å². The second-order valence-electron chi connectivity index (χ2n) is 18.4. The molecule has 0 bridgehead atoms. The van der Waals surface area contributed by atoms with Crippen molar-refractivity contribution in [1.29, 1.82) is 0 Å². The van der Waals surface area contributed by atoms with Crippen LogP contribution in [0, 0.1) is 5.92 Å². The van der Waals surface area contributed by atoms with E-state index in [1.165, 1.54) is 308 Å². The highest BCUT2D eigenvalue weighted by atomic mass is 14.1. The summed E-state index contributed by atoms with van der Waals surface area (Å²) < 4.78 is 0. The average Bonchev–Trinajstić information content (AvgIpc) is 3.18. The van der Waals surface area contributed by atoms with Crippen LogP contribution < -0.4 is 0 Å². The van der Waals surface area contributed by atoms with Crippen molar-refractivity contribution in [2.45, 2.75) is 329 Å². The molecule has 0 amide bonds. The summed E-state index contributed by atoms with van der Waals surface area (Å²) in [6, 6.07) is 0. The zero-order valence-corrected chi connectivity index (χ0v) is 38.7. The molecule has 0 nitrogen and oxygen atoms in total. The molecule has 0 N–H and O–H groups in total. The summed E-state index contributed by atoms with van der Waals surface area (Å²) in [7, 11) is 0. The van der Waals surface area contributed by atoms with Gasteiger partial charge >= 0.3 is 0 Å². The molecule has 0 saturated carbocycles. The fourth-order valence-corrected chi connectivity index (χ4v) is 8.90. The Bertz CT molecular complexity index is 646. The molecule has 0 aromatic rings. The van der Waals surface area contributed by atoms with Crippen LogP contribution >= 0.6 is 0 Å². The molecular formula is C54H108. The van der Waals surface area contributed by atoms with Crippen LogP contribution in [-0.2, 0) is 0 Å². The number of rotatable bonds is 49. The summed E-state index contributed by atoms with van der Waals surface area (Å²) in [5.74, 6) is 1.01. The Morgan fingerprint density at radius 2 is 0.370 bits per heavy atom. The maximum atomic E-state index is 2.50. The predicted octanol–water partition coefficient (Wildman–Crippen LogP) is 20.9. The van der Waals surface area contributed by atoms with Gasteiger partial charge in [-0.25, -0.2) is 0 Å². The molecule has 54 heavy (non-hydrogen) atoms. The van der Waals surface area contributed by atoms with Gasteiger partial charge in [-0.2, -0.15) is 0 Å². The van der Waals surface area contributed by atoms with Gasteiger partial charge in [0.05, 0.1) is 0 Å². The van der Waals surface area contributed by atoms with Crippen molar-refractivity contribution in [3.05, 3.63) is 12.2 Å². The quantitative estimate of drug-likeness (QED) is 0.0428. The summed E-state index contributed by atoms with van der Waals surface area (Å²) in [6.45, 7) is 6.95. The van der Waals surface area contributed by atoms with Crippen molar-refractivity contribution in [1.82, 2.24) is 0 Å². The minimum Gasteiger partial charge on any atom is -0.0885 e. The Morgan fingerprint density at radius 3 is 0.593 bits per heavy atom. The molecule has 0 aromatic carbocycles. The molecule has 0 rings (SSSR count). The van der Waals surface area contributed by atoms with E-state index in [1.54, 1.807) is 0 Å². The average molecular weight is 757 g/mol. The molecule has 1 atom stereocenters. The van der Waals surface area contributed by atoms with E-state index in [0.717, 1.165) is 5.92 Å². The molecule has 0 radical (unpaired) electrons. The molecule has 324 valence electrons. The third-order valence-electron chi connectivity index (χ3n) is 12.8. The molecule has 0 heteroatoms. The maximum Gasteiger partial charge on any atom is -0.0351 e. The monoisotopic (exact) mass is 757 g/mol. The lowest BCUT2D eigenvalue weighted by Crippen LogP contribution is -2.01. The molecule has 0 aliphatic heterocycles. The summed E-state index contributed by atoms with van der Waals surface area (Å²) in [5.41, 5.74) is 0. The van der Waals surface area contributed by atoms with Gasteiger partial charge in [0.2, 0.25) is 0 Å². The molecule has 1 unspecified atom stereocenters. The fourth-order valence-electron chi connectivity index (χ4n) is 8.90. The first-order valence-corrected chi connectivity index (χ1v) is 26.5. The molecule has 0 aliphatic rings. The zero-order chi connectivity index (χ0) is 38.9. The van der Waals surface area contributed by atoms with E-state index < -0.39 is 0 Å². The highest BCUT2D eigenvalue weighted by molar-refractivity contribution is 4.81. The van der Waals surface area contributed by atoms with Gasteiger partial charge in [0.1, 0.15) is 0 Å². The Labute approximate surface area is 345 Å². The van der Waals surface area contributed by atoms with Crippen LogP contribution in [0.25, 0.3) is 0 Å². The van der Waals surface area contributed by atoms with E-state index >= 15 is 0 Å². The second kappa shape index (κ2) is 50.8. The standard InChI is InChI=1S/C54H108/c1-4-7-10-13-16-19-22-25-27-29-30-32-35-38-41-44-47-50-53-54(51-48-45-42-39-36-33-24-21-18-15-12-9-6-3)52-49-46-43-40-37-34-31-28-26-23-20-17-14-11-8-5-2/h33,36,54H,4-32,34-35,37-53H2,1-3H3/b36-33-. The minimum absolute atomic E-state index is 1.01. The van der Waals surface area contributed by atoms with Gasteiger partial charge < -0.3 is 0 Å². The molecule has 0 aromatic heterocycles. The van der Waals surface area contributed by atoms with Crippen LogP contribution in [0.3, 0.4) is 0 Å². The van der Waals surface area contributed by atoms with Crippen molar-refractivity contribution < 1.29 is 0 Å². The second-order valence-corrected chi connectivity index (χ2v) is 18.4. The van der Waals surface area contributed by atoms with Gasteiger partial charge in [0.25, 0.3) is 0 Å². The lowest BCUT2D eigenvalue weighted by atomic mass is 9.89. The smallest absolute Gasteiger partial charge is 0.0351 e. The molecular weight excluding hydrogens is 649 g/mol. The Kier molecular flexibility index (Phi) is 50.5. The zero-order valence-electron chi connectivity index (χ0n) is 38.7. The molecule has 0 fully saturated rings. The summed E-state index contributed by atoms with van der Waals surface area (Å²) >= 11 is 0. The van der Waals surface area contributed by atoms with E-state index in [4.69, 9.17) is 0 Å². The van der Waals surface area contributed by atoms with Crippen LogP contribution in [0.15, 0.2) is 12.2 Å². The highest BCUT2D eigenvalue weighted by Crippen LogP contribution is 2.25. The number of unbranched alkanes of at least 4 members (excludes halogenated alkanes) is 41. The fraction of sp³-hybridized carbons (Fsp3) is 0.963. The molecule has 0 aliphatic carbocycles. The molecule has 0 spiro atoms. The largest absolute Gasteiger partial charge is 0.0885 e. The molecule has 0 saturated heterocycles. The summed E-state index contributed by atoms with van der Waals surface area (Å²) in [5, 5.41) is 0. The van der Waals surface area contributed by atoms with Crippen molar-refractivity contribution in [2.75, 3.05) is 0 Å². The number of hydrogen-bond acceptors (Lipinski definition) is 0. The van der Waals surface area contributed by atoms with E-state index in [9.17, 15) is 0 Å². The Balaban J connectivity index is 3.95. The minimum atomic E-state index is 1.01. The van der Waals surface area contributed by atoms with E-state index in [2.05, 4.69) is 32.9 Å². The van der Waals surface area contributed by atoms with E-state index in [1.807, 2.05) is 0 Å². The van der Waals surface area contributed by atoms with Gasteiger partial charge in [-0.05, 0) is 31.6 Å². The lowest BCUT2D eigenvalue weighted by molar-refractivity contribution is 0.366. The number of allylic oxidation sites excluding steroid dienone is 2.